The van der Waals surface area contributed by atoms with Gasteiger partial charge in [0.1, 0.15) is 11.6 Å². The average Bonchev–Trinajstić information content (AvgIpc) is 3.16. The summed E-state index contributed by atoms with van der Waals surface area (Å²) in [7, 11) is 0. The van der Waals surface area contributed by atoms with Crippen molar-refractivity contribution >= 4 is 11.6 Å². The van der Waals surface area contributed by atoms with E-state index in [0.717, 1.165) is 24.7 Å². The molecule has 1 saturated heterocycles. The van der Waals surface area contributed by atoms with E-state index in [1.54, 1.807) is 11.1 Å². The molecule has 1 atom stereocenters. The largest absolute Gasteiger partial charge is 0.507 e. The van der Waals surface area contributed by atoms with Crippen molar-refractivity contribution in [3.63, 3.8) is 0 Å². The number of carbonyl (C=O) groups excluding carboxylic acids is 1. The first-order chi connectivity index (χ1) is 11.5. The molecule has 1 aromatic carbocycles. The molecule has 3 rings (SSSR count). The number of amides is 1. The first-order valence-corrected chi connectivity index (χ1v) is 7.73. The standard InChI is InChI=1S/C16H18N4O4/c1-11-17-6-8-18(11)10-13-3-2-7-19(13)16(22)14-5-4-12(20(23)24)9-15(14)21/h4-6,8-9,13,21H,2-3,7,10H2,1H3/t13-/m0/s1. The molecule has 1 N–H and O–H groups in total. The zero-order valence-electron chi connectivity index (χ0n) is 13.3. The Kier molecular flexibility index (Phi) is 4.20. The van der Waals surface area contributed by atoms with Gasteiger partial charge in [0.15, 0.2) is 0 Å². The Balaban J connectivity index is 1.81. The van der Waals surface area contributed by atoms with Crippen LogP contribution in [0.4, 0.5) is 5.69 Å². The van der Waals surface area contributed by atoms with Crippen LogP contribution in [0.3, 0.4) is 0 Å². The highest BCUT2D eigenvalue weighted by Crippen LogP contribution is 2.28. The molecular formula is C16H18N4O4. The number of non-ortho nitro benzene ring substituents is 1. The van der Waals surface area contributed by atoms with E-state index in [9.17, 15) is 20.0 Å². The smallest absolute Gasteiger partial charge is 0.273 e. The minimum absolute atomic E-state index is 0.0139. The van der Waals surface area contributed by atoms with Crippen molar-refractivity contribution in [2.75, 3.05) is 6.54 Å². The van der Waals surface area contributed by atoms with Crippen LogP contribution in [0.15, 0.2) is 30.6 Å². The van der Waals surface area contributed by atoms with Crippen LogP contribution in [0.5, 0.6) is 5.75 Å². The molecule has 1 aliphatic rings. The number of imidazole rings is 1. The van der Waals surface area contributed by atoms with E-state index in [4.69, 9.17) is 0 Å². The normalized spacial score (nSPS) is 17.2. The predicted molar refractivity (Wildman–Crippen MR) is 85.8 cm³/mol. The van der Waals surface area contributed by atoms with E-state index in [2.05, 4.69) is 4.98 Å². The zero-order chi connectivity index (χ0) is 17.3. The molecule has 8 nitrogen and oxygen atoms in total. The molecule has 0 spiro atoms. The van der Waals surface area contributed by atoms with Crippen molar-refractivity contribution in [1.82, 2.24) is 14.5 Å². The summed E-state index contributed by atoms with van der Waals surface area (Å²) in [6.07, 6.45) is 5.35. The summed E-state index contributed by atoms with van der Waals surface area (Å²) in [6.45, 7) is 3.16. The van der Waals surface area contributed by atoms with Gasteiger partial charge >= 0.3 is 0 Å². The Bertz CT molecular complexity index is 786. The van der Waals surface area contributed by atoms with Gasteiger partial charge in [0.25, 0.3) is 11.6 Å². The lowest BCUT2D eigenvalue weighted by Gasteiger charge is -2.25. The quantitative estimate of drug-likeness (QED) is 0.683. The Hall–Kier alpha value is -2.90. The number of likely N-dealkylation sites (tertiary alicyclic amines) is 1. The summed E-state index contributed by atoms with van der Waals surface area (Å²) in [5.41, 5.74) is -0.147. The molecule has 0 radical (unpaired) electrons. The van der Waals surface area contributed by atoms with Crippen molar-refractivity contribution in [3.05, 3.63) is 52.1 Å². The summed E-state index contributed by atoms with van der Waals surface area (Å²) >= 11 is 0. The van der Waals surface area contributed by atoms with Gasteiger partial charge in [0, 0.05) is 31.5 Å². The molecule has 0 unspecified atom stereocenters. The highest BCUT2D eigenvalue weighted by atomic mass is 16.6. The molecule has 1 fully saturated rings. The molecule has 2 heterocycles. The molecule has 0 saturated carbocycles. The maximum Gasteiger partial charge on any atom is 0.273 e. The average molecular weight is 330 g/mol. The number of aryl methyl sites for hydroxylation is 1. The highest BCUT2D eigenvalue weighted by molar-refractivity contribution is 5.97. The second-order valence-corrected chi connectivity index (χ2v) is 5.88. The summed E-state index contributed by atoms with van der Waals surface area (Å²) in [5, 5.41) is 20.7. The molecule has 0 bridgehead atoms. The van der Waals surface area contributed by atoms with Gasteiger partial charge in [-0.25, -0.2) is 4.98 Å². The summed E-state index contributed by atoms with van der Waals surface area (Å²) in [5.74, 6) is 0.216. The SMILES string of the molecule is Cc1nccn1C[C@@H]1CCCN1C(=O)c1ccc([N+](=O)[O-])cc1O. The second kappa shape index (κ2) is 6.31. The van der Waals surface area contributed by atoms with Crippen LogP contribution in [0.1, 0.15) is 29.0 Å². The van der Waals surface area contributed by atoms with Crippen LogP contribution in [0.2, 0.25) is 0 Å². The lowest BCUT2D eigenvalue weighted by atomic mass is 10.1. The number of nitro groups is 1. The Morgan fingerprint density at radius 2 is 2.29 bits per heavy atom. The third-order valence-corrected chi connectivity index (χ3v) is 4.39. The van der Waals surface area contributed by atoms with Crippen LogP contribution in [-0.2, 0) is 6.54 Å². The van der Waals surface area contributed by atoms with Crippen molar-refractivity contribution in [3.8, 4) is 5.75 Å². The van der Waals surface area contributed by atoms with Crippen molar-refractivity contribution in [2.45, 2.75) is 32.4 Å². The van der Waals surface area contributed by atoms with Crippen molar-refractivity contribution < 1.29 is 14.8 Å². The number of aromatic hydroxyl groups is 1. The van der Waals surface area contributed by atoms with Crippen LogP contribution in [-0.4, -0.2) is 43.0 Å². The van der Waals surface area contributed by atoms with E-state index in [1.165, 1.54) is 12.1 Å². The minimum atomic E-state index is -0.603. The third kappa shape index (κ3) is 2.94. The molecular weight excluding hydrogens is 312 g/mol. The van der Waals surface area contributed by atoms with Crippen LogP contribution >= 0.6 is 0 Å². The first kappa shape index (κ1) is 16.0. The fraction of sp³-hybridized carbons (Fsp3) is 0.375. The summed E-state index contributed by atoms with van der Waals surface area (Å²) in [4.78, 5) is 28.8. The number of benzene rings is 1. The highest BCUT2D eigenvalue weighted by Gasteiger charge is 2.31. The molecule has 1 aromatic heterocycles. The number of hydrogen-bond donors (Lipinski definition) is 1. The van der Waals surface area contributed by atoms with Gasteiger partial charge in [-0.1, -0.05) is 0 Å². The number of phenols is 1. The number of nitro benzene ring substituents is 1. The third-order valence-electron chi connectivity index (χ3n) is 4.39. The minimum Gasteiger partial charge on any atom is -0.507 e. The molecule has 126 valence electrons. The van der Waals surface area contributed by atoms with Gasteiger partial charge in [-0.2, -0.15) is 0 Å². The maximum absolute atomic E-state index is 12.7. The van der Waals surface area contributed by atoms with Gasteiger partial charge in [-0.15, -0.1) is 0 Å². The number of rotatable bonds is 4. The molecule has 2 aromatic rings. The molecule has 24 heavy (non-hydrogen) atoms. The van der Waals surface area contributed by atoms with Crippen molar-refractivity contribution in [2.24, 2.45) is 0 Å². The fourth-order valence-corrected chi connectivity index (χ4v) is 3.09. The number of nitrogens with zero attached hydrogens (tertiary/aromatic N) is 4. The van der Waals surface area contributed by atoms with Gasteiger partial charge in [0.2, 0.25) is 0 Å². The Morgan fingerprint density at radius 3 is 2.92 bits per heavy atom. The van der Waals surface area contributed by atoms with Gasteiger partial charge in [0.05, 0.1) is 22.6 Å². The number of hydrogen-bond acceptors (Lipinski definition) is 5. The first-order valence-electron chi connectivity index (χ1n) is 7.73. The Labute approximate surface area is 138 Å². The summed E-state index contributed by atoms with van der Waals surface area (Å²) in [6, 6.07) is 3.57. The molecule has 0 aliphatic carbocycles. The van der Waals surface area contributed by atoms with E-state index in [1.807, 2.05) is 17.7 Å². The number of phenolic OH excluding ortho intramolecular Hbond substituents is 1. The van der Waals surface area contributed by atoms with Crippen molar-refractivity contribution in [1.29, 1.82) is 0 Å². The maximum atomic E-state index is 12.7. The van der Waals surface area contributed by atoms with Crippen LogP contribution < -0.4 is 0 Å². The molecule has 8 heteroatoms. The second-order valence-electron chi connectivity index (χ2n) is 5.88. The number of aromatic nitrogens is 2. The lowest BCUT2D eigenvalue weighted by molar-refractivity contribution is -0.384. The van der Waals surface area contributed by atoms with Gasteiger partial charge < -0.3 is 14.6 Å². The van der Waals surface area contributed by atoms with Crippen LogP contribution in [0.25, 0.3) is 0 Å². The van der Waals surface area contributed by atoms with E-state index in [0.29, 0.717) is 13.1 Å². The Morgan fingerprint density at radius 1 is 1.50 bits per heavy atom. The number of carbonyl (C=O) groups is 1. The topological polar surface area (TPSA) is 102 Å². The van der Waals surface area contributed by atoms with E-state index < -0.39 is 4.92 Å². The van der Waals surface area contributed by atoms with Gasteiger partial charge in [-0.05, 0) is 25.8 Å². The monoisotopic (exact) mass is 330 g/mol. The van der Waals surface area contributed by atoms with E-state index >= 15 is 0 Å². The molecule has 1 aliphatic heterocycles. The van der Waals surface area contributed by atoms with Crippen LogP contribution in [0, 0.1) is 17.0 Å². The summed E-state index contributed by atoms with van der Waals surface area (Å²) < 4.78 is 1.99. The van der Waals surface area contributed by atoms with Gasteiger partial charge in [-0.3, -0.25) is 14.9 Å². The van der Waals surface area contributed by atoms with E-state index in [-0.39, 0.29) is 28.9 Å². The predicted octanol–water partition coefficient (Wildman–Crippen LogP) is 2.11. The lowest BCUT2D eigenvalue weighted by Crippen LogP contribution is -2.38. The molecule has 1 amide bonds. The zero-order valence-corrected chi connectivity index (χ0v) is 13.3. The fourth-order valence-electron chi connectivity index (χ4n) is 3.09.